The first-order valence-corrected chi connectivity index (χ1v) is 13.9. The van der Waals surface area contributed by atoms with Gasteiger partial charge in [-0.2, -0.15) is 0 Å². The lowest BCUT2D eigenvalue weighted by Gasteiger charge is -2.10. The van der Waals surface area contributed by atoms with Crippen LogP contribution in [0.4, 0.5) is 0 Å². The van der Waals surface area contributed by atoms with Crippen molar-refractivity contribution < 1.29 is 49.2 Å². The van der Waals surface area contributed by atoms with Crippen LogP contribution in [0.15, 0.2) is 91.0 Å². The smallest absolute Gasteiger partial charge is 0.307 e. The first-order valence-electron chi connectivity index (χ1n) is 13.9. The van der Waals surface area contributed by atoms with Crippen molar-refractivity contribution in [3.05, 3.63) is 108 Å². The first kappa shape index (κ1) is 37.5. The summed E-state index contributed by atoms with van der Waals surface area (Å²) in [5.74, 6) is -7.52. The number of carboxylic acids is 4. The predicted molar refractivity (Wildman–Crippen MR) is 164 cm³/mol. The zero-order valence-electron chi connectivity index (χ0n) is 24.5. The Morgan fingerprint density at radius 1 is 0.467 bits per heavy atom. The highest BCUT2D eigenvalue weighted by Crippen LogP contribution is 2.14. The lowest BCUT2D eigenvalue weighted by Crippen LogP contribution is -2.27. The van der Waals surface area contributed by atoms with Crippen LogP contribution < -0.4 is 11.5 Å². The Hall–Kier alpha value is -5.52. The number of carboxylic acid groups (broad SMARTS) is 4. The molecule has 12 heteroatoms. The van der Waals surface area contributed by atoms with E-state index in [1.165, 1.54) is 0 Å². The maximum Gasteiger partial charge on any atom is 0.307 e. The first-order chi connectivity index (χ1) is 21.3. The van der Waals surface area contributed by atoms with E-state index in [-0.39, 0.29) is 25.7 Å². The summed E-state index contributed by atoms with van der Waals surface area (Å²) in [6.07, 6.45) is 0.280. The highest BCUT2D eigenvalue weighted by atomic mass is 16.4. The minimum absolute atomic E-state index is 0.121. The summed E-state index contributed by atoms with van der Waals surface area (Å²) in [4.78, 5) is 64.2. The van der Waals surface area contributed by atoms with E-state index in [1.54, 1.807) is 24.3 Å². The summed E-state index contributed by atoms with van der Waals surface area (Å²) >= 11 is 0. The molecule has 0 saturated heterocycles. The van der Waals surface area contributed by atoms with Crippen molar-refractivity contribution in [2.24, 2.45) is 29.2 Å². The molecule has 0 aliphatic carbocycles. The Bertz CT molecular complexity index is 1210. The topological polar surface area (TPSA) is 235 Å². The van der Waals surface area contributed by atoms with Crippen molar-refractivity contribution in [2.75, 3.05) is 0 Å². The number of hydrogen-bond donors (Lipinski definition) is 6. The molecule has 0 radical (unpaired) electrons. The van der Waals surface area contributed by atoms with E-state index in [1.807, 2.05) is 66.7 Å². The van der Waals surface area contributed by atoms with Gasteiger partial charge in [-0.3, -0.25) is 28.8 Å². The molecule has 0 heterocycles. The minimum Gasteiger partial charge on any atom is -0.481 e. The largest absolute Gasteiger partial charge is 0.481 e. The summed E-state index contributed by atoms with van der Waals surface area (Å²) < 4.78 is 0. The van der Waals surface area contributed by atoms with Gasteiger partial charge in [0.25, 0.3) is 0 Å². The molecule has 0 aromatic heterocycles. The van der Waals surface area contributed by atoms with Crippen LogP contribution in [0, 0.1) is 17.8 Å². The maximum atomic E-state index is 11.0. The zero-order valence-corrected chi connectivity index (χ0v) is 24.5. The van der Waals surface area contributed by atoms with Crippen molar-refractivity contribution in [2.45, 2.75) is 38.5 Å². The maximum absolute atomic E-state index is 11.0. The zero-order chi connectivity index (χ0) is 33.8. The fourth-order valence-corrected chi connectivity index (χ4v) is 4.13. The number of aliphatic carboxylic acids is 4. The molecule has 3 aromatic carbocycles. The fourth-order valence-electron chi connectivity index (χ4n) is 4.13. The average molecular weight is 623 g/mol. The van der Waals surface area contributed by atoms with Gasteiger partial charge in [0.15, 0.2) is 0 Å². The molecule has 3 rings (SSSR count). The van der Waals surface area contributed by atoms with Crippen LogP contribution in [0.1, 0.15) is 36.0 Å². The van der Waals surface area contributed by atoms with E-state index >= 15 is 0 Å². The van der Waals surface area contributed by atoms with Crippen molar-refractivity contribution in [1.82, 2.24) is 0 Å². The molecule has 0 aliphatic rings. The van der Waals surface area contributed by atoms with E-state index in [9.17, 15) is 28.8 Å². The molecule has 0 spiro atoms. The van der Waals surface area contributed by atoms with Gasteiger partial charge in [-0.05, 0) is 36.0 Å². The molecule has 3 atom stereocenters. The Balaban J connectivity index is 0.000000337. The van der Waals surface area contributed by atoms with Crippen molar-refractivity contribution in [3.63, 3.8) is 0 Å². The highest BCUT2D eigenvalue weighted by molar-refractivity contribution is 5.82. The summed E-state index contributed by atoms with van der Waals surface area (Å²) in [5.41, 5.74) is 12.8. The molecular weight excluding hydrogens is 584 g/mol. The van der Waals surface area contributed by atoms with Gasteiger partial charge in [0.1, 0.15) is 0 Å². The van der Waals surface area contributed by atoms with Crippen LogP contribution in [0.25, 0.3) is 0 Å². The second kappa shape index (κ2) is 20.4. The number of rotatable bonds is 15. The van der Waals surface area contributed by atoms with E-state index in [0.29, 0.717) is 12.8 Å². The number of nitrogens with two attached hydrogens (primary N) is 2. The third kappa shape index (κ3) is 17.3. The number of amides is 2. The van der Waals surface area contributed by atoms with Crippen LogP contribution in [0.5, 0.6) is 0 Å². The molecule has 0 saturated carbocycles. The second-order valence-corrected chi connectivity index (χ2v) is 10.1. The Morgan fingerprint density at radius 2 is 0.756 bits per heavy atom. The van der Waals surface area contributed by atoms with Gasteiger partial charge in [0.2, 0.25) is 11.8 Å². The van der Waals surface area contributed by atoms with Crippen LogP contribution in [0.2, 0.25) is 0 Å². The molecule has 0 aliphatic heterocycles. The number of primary amides is 2. The van der Waals surface area contributed by atoms with E-state index in [0.717, 1.165) is 16.7 Å². The third-order valence-electron chi connectivity index (χ3n) is 6.37. The molecule has 0 bridgehead atoms. The Kier molecular flexibility index (Phi) is 17.0. The van der Waals surface area contributed by atoms with Gasteiger partial charge in [0, 0.05) is 6.42 Å². The summed E-state index contributed by atoms with van der Waals surface area (Å²) in [7, 11) is 0. The Labute approximate surface area is 260 Å². The van der Waals surface area contributed by atoms with Crippen molar-refractivity contribution in [1.29, 1.82) is 0 Å². The summed E-state index contributed by atoms with van der Waals surface area (Å²) in [6, 6.07) is 27.4. The third-order valence-corrected chi connectivity index (χ3v) is 6.37. The molecule has 3 aromatic rings. The SMILES string of the molecule is NC(=O)C(CC(=O)O)Cc1ccccc1.NC(=O)CC(Cc1ccccc1)C(=O)O.O=C(O)C[C@H](Cc1ccccc1)C(=O)O. The summed E-state index contributed by atoms with van der Waals surface area (Å²) in [6.45, 7) is 0. The fraction of sp³-hybridized carbons (Fsp3) is 0.273. The van der Waals surface area contributed by atoms with Gasteiger partial charge >= 0.3 is 23.9 Å². The standard InChI is InChI=1S/2C11H13NO3.C11H12O4/c12-11(15)9(7-10(13)14)6-8-4-2-1-3-5-8;2*12-10(13)7-9(11(14)15)6-8-4-2-1-3-5-8/h1-5,9H,6-7H2,(H2,12,15)(H,13,14);1-5,9H,6-7H2,(H2,12,13)(H,14,15);1-5,9H,6-7H2,(H,12,13)(H,14,15)/t;;9-/m..0/s1. The van der Waals surface area contributed by atoms with Crippen molar-refractivity contribution in [3.8, 4) is 0 Å². The molecule has 2 amide bonds. The molecule has 2 unspecified atom stereocenters. The normalized spacial score (nSPS) is 12.0. The lowest BCUT2D eigenvalue weighted by molar-refractivity contribution is -0.148. The quantitative estimate of drug-likeness (QED) is 0.145. The van der Waals surface area contributed by atoms with Crippen LogP contribution in [0.3, 0.4) is 0 Å². The van der Waals surface area contributed by atoms with Crippen molar-refractivity contribution >= 4 is 35.7 Å². The number of carbonyl (C=O) groups is 6. The van der Waals surface area contributed by atoms with Gasteiger partial charge in [-0.15, -0.1) is 0 Å². The van der Waals surface area contributed by atoms with Gasteiger partial charge < -0.3 is 31.9 Å². The molecule has 8 N–H and O–H groups in total. The monoisotopic (exact) mass is 622 g/mol. The second-order valence-electron chi connectivity index (χ2n) is 10.1. The molecule has 0 fully saturated rings. The summed E-state index contributed by atoms with van der Waals surface area (Å²) in [5, 5.41) is 34.8. The number of hydrogen-bond acceptors (Lipinski definition) is 6. The van der Waals surface area contributed by atoms with E-state index in [4.69, 9.17) is 31.9 Å². The molecule has 240 valence electrons. The van der Waals surface area contributed by atoms with Gasteiger partial charge in [0.05, 0.1) is 30.6 Å². The van der Waals surface area contributed by atoms with E-state index in [2.05, 4.69) is 0 Å². The number of carbonyl (C=O) groups excluding carboxylic acids is 2. The predicted octanol–water partition coefficient (Wildman–Crippen LogP) is 3.02. The molecular formula is C33H38N2O10. The van der Waals surface area contributed by atoms with Gasteiger partial charge in [-0.25, -0.2) is 0 Å². The van der Waals surface area contributed by atoms with Gasteiger partial charge in [-0.1, -0.05) is 91.0 Å². The van der Waals surface area contributed by atoms with Crippen LogP contribution in [-0.4, -0.2) is 56.1 Å². The minimum atomic E-state index is -1.08. The Morgan fingerprint density at radius 3 is 1.02 bits per heavy atom. The molecule has 45 heavy (non-hydrogen) atoms. The van der Waals surface area contributed by atoms with E-state index < -0.39 is 53.4 Å². The van der Waals surface area contributed by atoms with Crippen LogP contribution in [-0.2, 0) is 48.0 Å². The lowest BCUT2D eigenvalue weighted by atomic mass is 9.96. The molecule has 12 nitrogen and oxygen atoms in total. The highest BCUT2D eigenvalue weighted by Gasteiger charge is 2.22. The average Bonchev–Trinajstić information content (AvgIpc) is 2.98. The van der Waals surface area contributed by atoms with Crippen LogP contribution >= 0.6 is 0 Å². The number of benzene rings is 3.